The van der Waals surface area contributed by atoms with Gasteiger partial charge in [0.1, 0.15) is 0 Å². The molecular formula is C15H28N4. The molecule has 19 heavy (non-hydrogen) atoms. The monoisotopic (exact) mass is 264 g/mol. The van der Waals surface area contributed by atoms with Gasteiger partial charge in [0, 0.05) is 31.0 Å². The largest absolute Gasteiger partial charge is 0.329 e. The quantitative estimate of drug-likeness (QED) is 0.776. The molecule has 0 amide bonds. The summed E-state index contributed by atoms with van der Waals surface area (Å²) in [6.07, 6.45) is 3.12. The van der Waals surface area contributed by atoms with E-state index < -0.39 is 0 Å². The Labute approximate surface area is 117 Å². The van der Waals surface area contributed by atoms with Gasteiger partial charge in [0.05, 0.1) is 0 Å². The number of aryl methyl sites for hydroxylation is 1. The lowest BCUT2D eigenvalue weighted by molar-refractivity contribution is 0.201. The highest BCUT2D eigenvalue weighted by Gasteiger charge is 2.17. The molecule has 0 aliphatic carbocycles. The van der Waals surface area contributed by atoms with Crippen LogP contribution >= 0.6 is 0 Å². The van der Waals surface area contributed by atoms with E-state index in [1.165, 1.54) is 5.56 Å². The van der Waals surface area contributed by atoms with E-state index >= 15 is 0 Å². The molecule has 0 fully saturated rings. The van der Waals surface area contributed by atoms with Crippen molar-refractivity contribution in [1.82, 2.24) is 14.8 Å². The molecule has 0 saturated heterocycles. The molecule has 1 aromatic rings. The van der Waals surface area contributed by atoms with Gasteiger partial charge in [-0.3, -0.25) is 9.88 Å². The number of hydrogen-bond acceptors (Lipinski definition) is 4. The zero-order valence-electron chi connectivity index (χ0n) is 12.8. The zero-order chi connectivity index (χ0) is 14.3. The summed E-state index contributed by atoms with van der Waals surface area (Å²) in [7, 11) is 4.22. The van der Waals surface area contributed by atoms with Gasteiger partial charge in [-0.2, -0.15) is 0 Å². The molecule has 0 aliphatic heterocycles. The Hall–Kier alpha value is -0.970. The maximum absolute atomic E-state index is 5.97. The lowest BCUT2D eigenvalue weighted by Gasteiger charge is -2.30. The molecule has 0 bridgehead atoms. The predicted molar refractivity (Wildman–Crippen MR) is 81.2 cm³/mol. The van der Waals surface area contributed by atoms with Gasteiger partial charge in [-0.1, -0.05) is 13.0 Å². The molecule has 1 heterocycles. The van der Waals surface area contributed by atoms with Crippen LogP contribution in [0.5, 0.6) is 0 Å². The van der Waals surface area contributed by atoms with Crippen molar-refractivity contribution in [3.63, 3.8) is 0 Å². The predicted octanol–water partition coefficient (Wildman–Crippen LogP) is 1.66. The minimum Gasteiger partial charge on any atom is -0.329 e. The third-order valence-electron chi connectivity index (χ3n) is 3.44. The number of pyridine rings is 1. The molecule has 0 aliphatic rings. The minimum atomic E-state index is 0.278. The highest BCUT2D eigenvalue weighted by atomic mass is 15.2. The number of rotatable bonds is 8. The van der Waals surface area contributed by atoms with Gasteiger partial charge in [0.15, 0.2) is 0 Å². The van der Waals surface area contributed by atoms with Gasteiger partial charge >= 0.3 is 0 Å². The van der Waals surface area contributed by atoms with Gasteiger partial charge in [0.2, 0.25) is 0 Å². The average molecular weight is 264 g/mol. The Morgan fingerprint density at radius 3 is 2.47 bits per heavy atom. The van der Waals surface area contributed by atoms with Crippen molar-refractivity contribution in [2.75, 3.05) is 40.3 Å². The van der Waals surface area contributed by atoms with E-state index in [1.54, 1.807) is 0 Å². The Balaban J connectivity index is 2.66. The SMILES string of the molecule is CCN(CCCN(C)C)C(CN)c1ccc(C)nc1. The minimum absolute atomic E-state index is 0.278. The molecule has 1 rings (SSSR count). The van der Waals surface area contributed by atoms with Crippen molar-refractivity contribution in [3.05, 3.63) is 29.6 Å². The van der Waals surface area contributed by atoms with Crippen LogP contribution in [0.3, 0.4) is 0 Å². The molecule has 1 unspecified atom stereocenters. The van der Waals surface area contributed by atoms with Crippen LogP contribution in [0.15, 0.2) is 18.3 Å². The molecule has 2 N–H and O–H groups in total. The Morgan fingerprint density at radius 1 is 1.26 bits per heavy atom. The molecule has 4 heteroatoms. The molecule has 4 nitrogen and oxygen atoms in total. The molecule has 108 valence electrons. The summed E-state index contributed by atoms with van der Waals surface area (Å²) in [5.41, 5.74) is 8.24. The molecule has 0 aromatic carbocycles. The van der Waals surface area contributed by atoms with Crippen LogP contribution < -0.4 is 5.73 Å². The number of nitrogens with two attached hydrogens (primary N) is 1. The fraction of sp³-hybridized carbons (Fsp3) is 0.667. The van der Waals surface area contributed by atoms with Gasteiger partial charge in [-0.05, 0) is 52.2 Å². The summed E-state index contributed by atoms with van der Waals surface area (Å²) < 4.78 is 0. The topological polar surface area (TPSA) is 45.4 Å². The van der Waals surface area contributed by atoms with Crippen LogP contribution in [0.1, 0.15) is 30.6 Å². The molecule has 0 saturated carbocycles. The number of aromatic nitrogens is 1. The van der Waals surface area contributed by atoms with E-state index in [0.717, 1.165) is 31.7 Å². The Kier molecular flexibility index (Phi) is 6.99. The van der Waals surface area contributed by atoms with Crippen LogP contribution in [-0.4, -0.2) is 55.1 Å². The lowest BCUT2D eigenvalue weighted by Crippen LogP contribution is -2.35. The molecule has 0 radical (unpaired) electrons. The van der Waals surface area contributed by atoms with E-state index in [4.69, 9.17) is 5.73 Å². The summed E-state index contributed by atoms with van der Waals surface area (Å²) in [4.78, 5) is 9.04. The number of likely N-dealkylation sites (N-methyl/N-ethyl adjacent to an activating group) is 1. The van der Waals surface area contributed by atoms with Crippen LogP contribution in [0.2, 0.25) is 0 Å². The summed E-state index contributed by atoms with van der Waals surface area (Å²) in [5, 5.41) is 0. The summed E-state index contributed by atoms with van der Waals surface area (Å²) in [6.45, 7) is 8.05. The molecule has 1 aromatic heterocycles. The van der Waals surface area contributed by atoms with Crippen molar-refractivity contribution in [2.24, 2.45) is 5.73 Å². The van der Waals surface area contributed by atoms with E-state index in [9.17, 15) is 0 Å². The van der Waals surface area contributed by atoms with Gasteiger partial charge in [0.25, 0.3) is 0 Å². The second kappa shape index (κ2) is 8.25. The zero-order valence-corrected chi connectivity index (χ0v) is 12.8. The summed E-state index contributed by atoms with van der Waals surface area (Å²) in [5.74, 6) is 0. The van der Waals surface area contributed by atoms with Crippen molar-refractivity contribution in [3.8, 4) is 0 Å². The highest BCUT2D eigenvalue weighted by Crippen LogP contribution is 2.19. The van der Waals surface area contributed by atoms with Crippen molar-refractivity contribution < 1.29 is 0 Å². The maximum Gasteiger partial charge on any atom is 0.0485 e. The van der Waals surface area contributed by atoms with Crippen LogP contribution in [0.4, 0.5) is 0 Å². The van der Waals surface area contributed by atoms with Crippen LogP contribution in [0, 0.1) is 6.92 Å². The Morgan fingerprint density at radius 2 is 2.00 bits per heavy atom. The van der Waals surface area contributed by atoms with E-state index in [0.29, 0.717) is 6.54 Å². The van der Waals surface area contributed by atoms with E-state index in [1.807, 2.05) is 13.1 Å². The van der Waals surface area contributed by atoms with Gasteiger partial charge in [-0.25, -0.2) is 0 Å². The smallest absolute Gasteiger partial charge is 0.0485 e. The number of nitrogens with zero attached hydrogens (tertiary/aromatic N) is 3. The molecular weight excluding hydrogens is 236 g/mol. The first-order chi connectivity index (χ1) is 9.08. The van der Waals surface area contributed by atoms with E-state index in [-0.39, 0.29) is 6.04 Å². The average Bonchev–Trinajstić information content (AvgIpc) is 2.39. The standard InChI is InChI=1S/C15H28N4/c1-5-19(10-6-9-18(3)4)15(11-16)14-8-7-13(2)17-12-14/h7-8,12,15H,5-6,9-11,16H2,1-4H3. The van der Waals surface area contributed by atoms with Gasteiger partial charge < -0.3 is 10.6 Å². The molecule has 1 atom stereocenters. The second-order valence-electron chi connectivity index (χ2n) is 5.27. The van der Waals surface area contributed by atoms with Crippen LogP contribution in [0.25, 0.3) is 0 Å². The Bertz CT molecular complexity index is 348. The number of hydrogen-bond donors (Lipinski definition) is 1. The fourth-order valence-corrected chi connectivity index (χ4v) is 2.30. The second-order valence-corrected chi connectivity index (χ2v) is 5.27. The molecule has 0 spiro atoms. The van der Waals surface area contributed by atoms with E-state index in [2.05, 4.69) is 47.9 Å². The third kappa shape index (κ3) is 5.27. The van der Waals surface area contributed by atoms with Crippen LogP contribution in [-0.2, 0) is 0 Å². The summed E-state index contributed by atoms with van der Waals surface area (Å²) >= 11 is 0. The van der Waals surface area contributed by atoms with Gasteiger partial charge in [-0.15, -0.1) is 0 Å². The first-order valence-corrected chi connectivity index (χ1v) is 7.09. The lowest BCUT2D eigenvalue weighted by atomic mass is 10.1. The normalized spacial score (nSPS) is 13.2. The van der Waals surface area contributed by atoms with Crippen molar-refractivity contribution >= 4 is 0 Å². The highest BCUT2D eigenvalue weighted by molar-refractivity contribution is 5.17. The first kappa shape index (κ1) is 16.1. The first-order valence-electron chi connectivity index (χ1n) is 7.09. The van der Waals surface area contributed by atoms with Crippen molar-refractivity contribution in [2.45, 2.75) is 26.3 Å². The fourth-order valence-electron chi connectivity index (χ4n) is 2.30. The van der Waals surface area contributed by atoms with Crippen molar-refractivity contribution in [1.29, 1.82) is 0 Å². The third-order valence-corrected chi connectivity index (χ3v) is 3.44. The summed E-state index contributed by atoms with van der Waals surface area (Å²) in [6, 6.07) is 4.49. The maximum atomic E-state index is 5.97.